The van der Waals surface area contributed by atoms with Crippen LogP contribution >= 0.6 is 0 Å². The summed E-state index contributed by atoms with van der Waals surface area (Å²) in [6, 6.07) is 22.9. The van der Waals surface area contributed by atoms with E-state index in [1.807, 2.05) is 0 Å². The van der Waals surface area contributed by atoms with Crippen LogP contribution < -0.4 is 33.8 Å². The van der Waals surface area contributed by atoms with E-state index in [1.54, 1.807) is 72.8 Å². The quantitative estimate of drug-likeness (QED) is 0.0744. The molecule has 45 heavy (non-hydrogen) atoms. The van der Waals surface area contributed by atoms with Gasteiger partial charge in [0.25, 0.3) is 5.91 Å². The topological polar surface area (TPSA) is 131 Å². The molecule has 230 valence electrons. The third-order valence-electron chi connectivity index (χ3n) is 6.27. The molecule has 0 saturated carbocycles. The van der Waals surface area contributed by atoms with Gasteiger partial charge in [-0.15, -0.1) is 0 Å². The number of rotatable bonds is 12. The number of methoxy groups -OCH3 is 4. The first kappa shape index (κ1) is 31.8. The first-order valence-electron chi connectivity index (χ1n) is 13.4. The molecule has 11 heteroatoms. The minimum Gasteiger partial charge on any atom is -0.497 e. The minimum atomic E-state index is -0.691. The Bertz CT molecular complexity index is 1710. The molecule has 0 bridgehead atoms. The lowest BCUT2D eigenvalue weighted by molar-refractivity contribution is -0.128. The first-order valence-corrected chi connectivity index (χ1v) is 13.4. The molecule has 1 N–H and O–H groups in total. The van der Waals surface area contributed by atoms with Crippen molar-refractivity contribution >= 4 is 30.1 Å². The second-order valence-corrected chi connectivity index (χ2v) is 9.06. The Balaban J connectivity index is 1.43. The van der Waals surface area contributed by atoms with Crippen LogP contribution in [0.25, 0.3) is 6.08 Å². The summed E-state index contributed by atoms with van der Waals surface area (Å²) in [5.74, 6) is 0.195. The fraction of sp³-hybridized carbons (Fsp3) is 0.118. The molecule has 0 spiro atoms. The van der Waals surface area contributed by atoms with Crippen molar-refractivity contribution in [2.24, 2.45) is 5.10 Å². The van der Waals surface area contributed by atoms with Gasteiger partial charge in [0, 0.05) is 22.8 Å². The number of para-hydroxylation sites is 2. The second kappa shape index (κ2) is 15.4. The molecule has 11 nitrogen and oxygen atoms in total. The van der Waals surface area contributed by atoms with E-state index in [4.69, 9.17) is 28.4 Å². The number of esters is 2. The Morgan fingerprint density at radius 1 is 0.644 bits per heavy atom. The molecule has 4 aromatic rings. The SMILES string of the molecule is COc1ccc(C(=O)N/N=C/c2ccccc2OC(=O)/C=C/c2ccccc2OC(=O)c2cc(OC)c(OC)c(OC)c2)cc1. The van der Waals surface area contributed by atoms with Gasteiger partial charge >= 0.3 is 11.9 Å². The molecule has 0 aliphatic carbocycles. The van der Waals surface area contributed by atoms with E-state index in [-0.39, 0.29) is 17.1 Å². The Morgan fingerprint density at radius 3 is 1.84 bits per heavy atom. The molecule has 4 rings (SSSR count). The fourth-order valence-electron chi connectivity index (χ4n) is 4.02. The van der Waals surface area contributed by atoms with Gasteiger partial charge in [-0.2, -0.15) is 5.10 Å². The van der Waals surface area contributed by atoms with E-state index in [1.165, 1.54) is 58.9 Å². The molecule has 0 heterocycles. The van der Waals surface area contributed by atoms with Crippen LogP contribution in [0, 0.1) is 0 Å². The summed E-state index contributed by atoms with van der Waals surface area (Å²) in [6.07, 6.45) is 4.03. The largest absolute Gasteiger partial charge is 0.497 e. The lowest BCUT2D eigenvalue weighted by Gasteiger charge is -2.14. The molecule has 4 aromatic carbocycles. The number of nitrogens with one attached hydrogen (secondary N) is 1. The summed E-state index contributed by atoms with van der Waals surface area (Å²) < 4.78 is 32.2. The molecule has 0 radical (unpaired) electrons. The molecule has 0 aliphatic heterocycles. The third kappa shape index (κ3) is 8.26. The standard InChI is InChI=1S/C34H30N2O9/c1-40-26-16-13-23(14-17-26)33(38)36-35-21-24-10-6-8-12-28(24)44-31(37)18-15-22-9-5-7-11-27(22)45-34(39)25-19-29(41-2)32(43-4)30(20-25)42-3/h5-21H,1-4H3,(H,36,38)/b18-15+,35-21+. The van der Waals surface area contributed by atoms with Crippen molar-refractivity contribution < 1.29 is 42.8 Å². The van der Waals surface area contributed by atoms with Crippen LogP contribution in [-0.2, 0) is 4.79 Å². The molecular formula is C34H30N2O9. The van der Waals surface area contributed by atoms with Crippen LogP contribution in [0.3, 0.4) is 0 Å². The summed E-state index contributed by atoms with van der Waals surface area (Å²) in [7, 11) is 5.89. The third-order valence-corrected chi connectivity index (χ3v) is 6.27. The zero-order valence-electron chi connectivity index (χ0n) is 24.9. The highest BCUT2D eigenvalue weighted by Crippen LogP contribution is 2.38. The maximum atomic E-state index is 13.0. The molecular weight excluding hydrogens is 580 g/mol. The number of nitrogens with zero attached hydrogens (tertiary/aromatic N) is 1. The van der Waals surface area contributed by atoms with E-state index >= 15 is 0 Å². The van der Waals surface area contributed by atoms with E-state index in [0.717, 1.165) is 0 Å². The van der Waals surface area contributed by atoms with Gasteiger partial charge in [0.05, 0.1) is 40.2 Å². The zero-order chi connectivity index (χ0) is 32.2. The normalized spacial score (nSPS) is 10.8. The molecule has 0 unspecified atom stereocenters. The van der Waals surface area contributed by atoms with Crippen molar-refractivity contribution in [2.45, 2.75) is 0 Å². The van der Waals surface area contributed by atoms with Crippen LogP contribution in [0.5, 0.6) is 34.5 Å². The first-order chi connectivity index (χ1) is 21.9. The van der Waals surface area contributed by atoms with Gasteiger partial charge in [0.1, 0.15) is 17.2 Å². The van der Waals surface area contributed by atoms with Gasteiger partial charge in [0.15, 0.2) is 11.5 Å². The number of ether oxygens (including phenoxy) is 6. The van der Waals surface area contributed by atoms with Crippen LogP contribution in [-0.4, -0.2) is 52.5 Å². The van der Waals surface area contributed by atoms with Gasteiger partial charge in [-0.05, 0) is 60.7 Å². The Hall–Kier alpha value is -6.10. The number of carbonyl (C=O) groups is 3. The van der Waals surface area contributed by atoms with Gasteiger partial charge < -0.3 is 28.4 Å². The fourth-order valence-corrected chi connectivity index (χ4v) is 4.02. The highest BCUT2D eigenvalue weighted by Gasteiger charge is 2.19. The van der Waals surface area contributed by atoms with Gasteiger partial charge in [-0.25, -0.2) is 15.0 Å². The average Bonchev–Trinajstić information content (AvgIpc) is 3.07. The van der Waals surface area contributed by atoms with Crippen molar-refractivity contribution in [1.82, 2.24) is 5.43 Å². The molecule has 0 saturated heterocycles. The van der Waals surface area contributed by atoms with Crippen molar-refractivity contribution in [2.75, 3.05) is 28.4 Å². The number of amides is 1. The lowest BCUT2D eigenvalue weighted by atomic mass is 10.1. The summed E-state index contributed by atoms with van der Waals surface area (Å²) in [4.78, 5) is 38.1. The number of hydrogen-bond donors (Lipinski definition) is 1. The zero-order valence-corrected chi connectivity index (χ0v) is 24.9. The number of hydrogen-bond acceptors (Lipinski definition) is 10. The number of carbonyl (C=O) groups excluding carboxylic acids is 3. The number of benzene rings is 4. The van der Waals surface area contributed by atoms with Crippen molar-refractivity contribution in [3.8, 4) is 34.5 Å². The minimum absolute atomic E-state index is 0.168. The van der Waals surface area contributed by atoms with Crippen molar-refractivity contribution in [1.29, 1.82) is 0 Å². The van der Waals surface area contributed by atoms with Gasteiger partial charge in [-0.1, -0.05) is 30.3 Å². The summed E-state index contributed by atoms with van der Waals surface area (Å²) in [5.41, 5.74) is 3.90. The van der Waals surface area contributed by atoms with Gasteiger partial charge in [-0.3, -0.25) is 4.79 Å². The summed E-state index contributed by atoms with van der Waals surface area (Å²) in [5, 5.41) is 3.98. The van der Waals surface area contributed by atoms with Crippen LogP contribution in [0.15, 0.2) is 96.1 Å². The Morgan fingerprint density at radius 2 is 1.24 bits per heavy atom. The van der Waals surface area contributed by atoms with E-state index in [0.29, 0.717) is 39.7 Å². The van der Waals surface area contributed by atoms with Crippen LogP contribution in [0.4, 0.5) is 0 Å². The van der Waals surface area contributed by atoms with E-state index in [9.17, 15) is 14.4 Å². The molecule has 0 fully saturated rings. The van der Waals surface area contributed by atoms with Crippen LogP contribution in [0.2, 0.25) is 0 Å². The molecule has 0 atom stereocenters. The van der Waals surface area contributed by atoms with Crippen molar-refractivity contribution in [3.05, 3.63) is 113 Å². The maximum Gasteiger partial charge on any atom is 0.343 e. The summed E-state index contributed by atoms with van der Waals surface area (Å²) >= 11 is 0. The summed E-state index contributed by atoms with van der Waals surface area (Å²) in [6.45, 7) is 0. The number of hydrazone groups is 1. The van der Waals surface area contributed by atoms with E-state index in [2.05, 4.69) is 10.5 Å². The second-order valence-electron chi connectivity index (χ2n) is 9.06. The Kier molecular flexibility index (Phi) is 10.9. The van der Waals surface area contributed by atoms with Crippen LogP contribution in [0.1, 0.15) is 31.8 Å². The molecule has 0 aliphatic rings. The smallest absolute Gasteiger partial charge is 0.343 e. The van der Waals surface area contributed by atoms with Crippen molar-refractivity contribution in [3.63, 3.8) is 0 Å². The molecule has 0 aromatic heterocycles. The highest BCUT2D eigenvalue weighted by molar-refractivity contribution is 5.96. The molecule has 1 amide bonds. The predicted molar refractivity (Wildman–Crippen MR) is 167 cm³/mol. The predicted octanol–water partition coefficient (Wildman–Crippen LogP) is 5.32. The maximum absolute atomic E-state index is 13.0. The van der Waals surface area contributed by atoms with Gasteiger partial charge in [0.2, 0.25) is 5.75 Å². The average molecular weight is 611 g/mol. The van der Waals surface area contributed by atoms with E-state index < -0.39 is 17.8 Å². The lowest BCUT2D eigenvalue weighted by Crippen LogP contribution is -2.17. The Labute approximate surface area is 259 Å². The highest BCUT2D eigenvalue weighted by atomic mass is 16.5. The monoisotopic (exact) mass is 610 g/mol.